The fraction of sp³-hybridized carbons (Fsp3) is 0.278. The average Bonchev–Trinajstić information content (AvgIpc) is 3.02. The highest BCUT2D eigenvalue weighted by atomic mass is 16.1. The number of para-hydroxylation sites is 2. The molecule has 0 radical (unpaired) electrons. The number of benzene rings is 1. The summed E-state index contributed by atoms with van der Waals surface area (Å²) in [5.74, 6) is 0.816. The van der Waals surface area contributed by atoms with E-state index in [0.29, 0.717) is 5.56 Å². The van der Waals surface area contributed by atoms with Gasteiger partial charge in [-0.3, -0.25) is 9.89 Å². The molecule has 0 bridgehead atoms. The van der Waals surface area contributed by atoms with Gasteiger partial charge in [0.15, 0.2) is 5.82 Å². The number of anilines is 2. The summed E-state index contributed by atoms with van der Waals surface area (Å²) in [4.78, 5) is 16.5. The van der Waals surface area contributed by atoms with Crippen LogP contribution in [0.15, 0.2) is 40.6 Å². The lowest BCUT2D eigenvalue weighted by Gasteiger charge is -2.15. The second-order valence-corrected chi connectivity index (χ2v) is 6.00. The summed E-state index contributed by atoms with van der Waals surface area (Å²) >= 11 is 0. The molecule has 0 spiro atoms. The molecule has 0 saturated carbocycles. The second kappa shape index (κ2) is 5.80. The lowest BCUT2D eigenvalue weighted by atomic mass is 10.2. The SMILES string of the molecule is CC(C)n1[nH]c(C#N)c(C=C=C2N(C)c3ccccc3N2C)c1=O. The van der Waals surface area contributed by atoms with Gasteiger partial charge in [-0.15, -0.1) is 0 Å². The minimum absolute atomic E-state index is 0.0412. The first-order chi connectivity index (χ1) is 11.5. The number of fused-ring (bicyclic) bond motifs is 1. The Morgan fingerprint density at radius 1 is 1.17 bits per heavy atom. The van der Waals surface area contributed by atoms with Crippen molar-refractivity contribution >= 4 is 17.5 Å². The highest BCUT2D eigenvalue weighted by Gasteiger charge is 2.25. The molecule has 1 aromatic heterocycles. The maximum Gasteiger partial charge on any atom is 0.276 e. The molecule has 0 amide bonds. The van der Waals surface area contributed by atoms with Gasteiger partial charge in [-0.25, -0.2) is 4.68 Å². The van der Waals surface area contributed by atoms with Crippen molar-refractivity contribution in [2.24, 2.45) is 0 Å². The highest BCUT2D eigenvalue weighted by molar-refractivity contribution is 5.82. The van der Waals surface area contributed by atoms with Crippen LogP contribution in [0.1, 0.15) is 31.1 Å². The first-order valence-electron chi connectivity index (χ1n) is 7.73. The quantitative estimate of drug-likeness (QED) is 0.864. The van der Waals surface area contributed by atoms with Crippen LogP contribution in [-0.4, -0.2) is 23.9 Å². The van der Waals surface area contributed by atoms with Crippen molar-refractivity contribution < 1.29 is 0 Å². The summed E-state index contributed by atoms with van der Waals surface area (Å²) in [5.41, 5.74) is 5.69. The summed E-state index contributed by atoms with van der Waals surface area (Å²) in [5, 5.41) is 12.1. The number of nitrogens with one attached hydrogen (secondary N) is 1. The lowest BCUT2D eigenvalue weighted by Crippen LogP contribution is -2.21. The van der Waals surface area contributed by atoms with Gasteiger partial charge in [0.1, 0.15) is 11.8 Å². The molecule has 6 nitrogen and oxygen atoms in total. The lowest BCUT2D eigenvalue weighted by molar-refractivity contribution is 0.515. The third kappa shape index (κ3) is 2.32. The molecule has 0 atom stereocenters. The molecule has 2 heterocycles. The summed E-state index contributed by atoms with van der Waals surface area (Å²) in [7, 11) is 3.90. The Labute approximate surface area is 140 Å². The van der Waals surface area contributed by atoms with Crippen LogP contribution in [0.5, 0.6) is 0 Å². The van der Waals surface area contributed by atoms with Crippen LogP contribution in [0.25, 0.3) is 6.08 Å². The van der Waals surface area contributed by atoms with Crippen molar-refractivity contribution in [3.8, 4) is 6.07 Å². The van der Waals surface area contributed by atoms with E-state index in [2.05, 4.69) is 10.8 Å². The Morgan fingerprint density at radius 2 is 1.75 bits per heavy atom. The predicted molar refractivity (Wildman–Crippen MR) is 94.9 cm³/mol. The van der Waals surface area contributed by atoms with Gasteiger partial charge >= 0.3 is 0 Å². The summed E-state index contributed by atoms with van der Waals surface area (Å²) in [6.07, 6.45) is 1.59. The minimum atomic E-state index is -0.213. The van der Waals surface area contributed by atoms with Crippen LogP contribution in [0, 0.1) is 11.3 Å². The van der Waals surface area contributed by atoms with Gasteiger partial charge in [0.25, 0.3) is 5.56 Å². The maximum absolute atomic E-state index is 12.4. The zero-order valence-electron chi connectivity index (χ0n) is 14.2. The second-order valence-electron chi connectivity index (χ2n) is 6.00. The van der Waals surface area contributed by atoms with E-state index in [1.54, 1.807) is 6.08 Å². The molecule has 1 aromatic carbocycles. The van der Waals surface area contributed by atoms with Crippen molar-refractivity contribution in [2.75, 3.05) is 23.9 Å². The van der Waals surface area contributed by atoms with Crippen LogP contribution in [0.2, 0.25) is 0 Å². The van der Waals surface area contributed by atoms with E-state index in [1.165, 1.54) is 4.68 Å². The van der Waals surface area contributed by atoms with E-state index in [0.717, 1.165) is 17.2 Å². The number of aromatic amines is 1. The van der Waals surface area contributed by atoms with Crippen LogP contribution >= 0.6 is 0 Å². The normalized spacial score (nSPS) is 13.1. The fourth-order valence-corrected chi connectivity index (χ4v) is 2.87. The zero-order chi connectivity index (χ0) is 17.4. The molecule has 3 rings (SSSR count). The molecule has 122 valence electrons. The Bertz CT molecular complexity index is 920. The van der Waals surface area contributed by atoms with Crippen LogP contribution in [0.4, 0.5) is 11.4 Å². The van der Waals surface area contributed by atoms with Gasteiger partial charge in [-0.05, 0) is 32.1 Å². The first-order valence-corrected chi connectivity index (χ1v) is 7.73. The van der Waals surface area contributed by atoms with E-state index >= 15 is 0 Å². The third-order valence-corrected chi connectivity index (χ3v) is 4.16. The third-order valence-electron chi connectivity index (χ3n) is 4.16. The number of rotatable bonds is 2. The first kappa shape index (κ1) is 15.7. The van der Waals surface area contributed by atoms with E-state index < -0.39 is 0 Å². The molecule has 0 fully saturated rings. The largest absolute Gasteiger partial charge is 0.322 e. The Hall–Kier alpha value is -3.16. The average molecular weight is 321 g/mol. The highest BCUT2D eigenvalue weighted by Crippen LogP contribution is 2.38. The maximum atomic E-state index is 12.4. The number of H-pyrrole nitrogens is 1. The van der Waals surface area contributed by atoms with Gasteiger partial charge in [-0.2, -0.15) is 5.26 Å². The molecule has 1 N–H and O–H groups in total. The molecule has 1 aliphatic rings. The molecular weight excluding hydrogens is 302 g/mol. The van der Waals surface area contributed by atoms with E-state index in [9.17, 15) is 10.1 Å². The summed E-state index contributed by atoms with van der Waals surface area (Å²) in [6.45, 7) is 3.78. The Balaban J connectivity index is 2.11. The molecule has 1 aliphatic heterocycles. The molecule has 0 saturated heterocycles. The number of hydrogen-bond acceptors (Lipinski definition) is 4. The van der Waals surface area contributed by atoms with Gasteiger partial charge in [-0.1, -0.05) is 17.9 Å². The summed E-state index contributed by atoms with van der Waals surface area (Å²) in [6, 6.07) is 10.0. The number of aromatic nitrogens is 2. The van der Waals surface area contributed by atoms with E-state index in [-0.39, 0.29) is 17.3 Å². The number of nitrogens with zero attached hydrogens (tertiary/aromatic N) is 4. The standard InChI is InChI=1S/C18H19N5O/c1-12(2)23-18(24)13(14(11-19)20-23)9-10-17-21(3)15-7-5-6-8-16(15)22(17)4/h5-9,12,20H,1-4H3. The van der Waals surface area contributed by atoms with Crippen LogP contribution in [0.3, 0.4) is 0 Å². The van der Waals surface area contributed by atoms with E-state index in [4.69, 9.17) is 0 Å². The van der Waals surface area contributed by atoms with E-state index in [1.807, 2.05) is 68.1 Å². The zero-order valence-corrected chi connectivity index (χ0v) is 14.2. The van der Waals surface area contributed by atoms with Crippen molar-refractivity contribution in [3.05, 3.63) is 57.4 Å². The molecule has 2 aromatic rings. The van der Waals surface area contributed by atoms with Crippen LogP contribution < -0.4 is 15.4 Å². The van der Waals surface area contributed by atoms with Crippen molar-refractivity contribution in [1.29, 1.82) is 5.26 Å². The number of nitriles is 1. The smallest absolute Gasteiger partial charge is 0.276 e. The van der Waals surface area contributed by atoms with Crippen molar-refractivity contribution in [1.82, 2.24) is 9.78 Å². The Kier molecular flexibility index (Phi) is 3.80. The molecule has 0 aliphatic carbocycles. The summed E-state index contributed by atoms with van der Waals surface area (Å²) < 4.78 is 1.45. The Morgan fingerprint density at radius 3 is 2.25 bits per heavy atom. The van der Waals surface area contributed by atoms with Gasteiger partial charge < -0.3 is 9.80 Å². The van der Waals surface area contributed by atoms with Gasteiger partial charge in [0.2, 0.25) is 0 Å². The van der Waals surface area contributed by atoms with Crippen molar-refractivity contribution in [2.45, 2.75) is 19.9 Å². The molecule has 0 unspecified atom stereocenters. The number of hydrogen-bond donors (Lipinski definition) is 1. The topological polar surface area (TPSA) is 68.1 Å². The molecule has 6 heteroatoms. The fourth-order valence-electron chi connectivity index (χ4n) is 2.87. The molecular formula is C18H19N5O. The van der Waals surface area contributed by atoms with Crippen LogP contribution in [-0.2, 0) is 0 Å². The monoisotopic (exact) mass is 321 g/mol. The van der Waals surface area contributed by atoms with Crippen molar-refractivity contribution in [3.63, 3.8) is 0 Å². The predicted octanol–water partition coefficient (Wildman–Crippen LogP) is 2.67. The van der Waals surface area contributed by atoms with Gasteiger partial charge in [0, 0.05) is 20.1 Å². The molecule has 24 heavy (non-hydrogen) atoms. The van der Waals surface area contributed by atoms with Gasteiger partial charge in [0.05, 0.1) is 16.9 Å². The minimum Gasteiger partial charge on any atom is -0.322 e.